The van der Waals surface area contributed by atoms with Crippen LogP contribution in [0.5, 0.6) is 5.75 Å². The van der Waals surface area contributed by atoms with Gasteiger partial charge in [0.2, 0.25) is 11.4 Å². The van der Waals surface area contributed by atoms with Gasteiger partial charge in [-0.2, -0.15) is 4.74 Å². The molecule has 2 heterocycles. The summed E-state index contributed by atoms with van der Waals surface area (Å²) in [5.74, 6) is 0.822. The normalized spacial score (nSPS) is 19.8. The van der Waals surface area contributed by atoms with Crippen molar-refractivity contribution in [2.24, 2.45) is 5.41 Å². The predicted molar refractivity (Wildman–Crippen MR) is 136 cm³/mol. The first-order valence-corrected chi connectivity index (χ1v) is 13.0. The van der Waals surface area contributed by atoms with E-state index in [1.807, 2.05) is 0 Å². The van der Waals surface area contributed by atoms with E-state index in [1.165, 1.54) is 74.5 Å². The molecular formula is C29H41NO2. The quantitative estimate of drug-likeness (QED) is 0.209. The Morgan fingerprint density at radius 3 is 2.31 bits per heavy atom. The molecule has 0 saturated heterocycles. The van der Waals surface area contributed by atoms with Crippen LogP contribution >= 0.6 is 0 Å². The Kier molecular flexibility index (Phi) is 6.83. The lowest BCUT2D eigenvalue weighted by molar-refractivity contribution is -0.358. The van der Waals surface area contributed by atoms with E-state index < -0.39 is 0 Å². The second-order valence-electron chi connectivity index (χ2n) is 10.7. The van der Waals surface area contributed by atoms with Gasteiger partial charge in [0.1, 0.15) is 11.4 Å². The molecule has 32 heavy (non-hydrogen) atoms. The highest BCUT2D eigenvalue weighted by Crippen LogP contribution is 2.51. The van der Waals surface area contributed by atoms with E-state index in [4.69, 9.17) is 4.74 Å². The zero-order valence-corrected chi connectivity index (χ0v) is 20.6. The van der Waals surface area contributed by atoms with Crippen molar-refractivity contribution in [3.63, 3.8) is 0 Å². The zero-order chi connectivity index (χ0) is 22.8. The van der Waals surface area contributed by atoms with Gasteiger partial charge in [0.05, 0.1) is 16.7 Å². The summed E-state index contributed by atoms with van der Waals surface area (Å²) in [4.78, 5) is 0. The van der Waals surface area contributed by atoms with Gasteiger partial charge in [-0.05, 0) is 62.8 Å². The molecule has 174 valence electrons. The van der Waals surface area contributed by atoms with Crippen LogP contribution in [-0.4, -0.2) is 16.1 Å². The van der Waals surface area contributed by atoms with Crippen molar-refractivity contribution in [1.82, 2.24) is 0 Å². The number of benzene rings is 1. The Hall–Kier alpha value is -2.03. The molecule has 0 aromatic heterocycles. The molecule has 3 heteroatoms. The van der Waals surface area contributed by atoms with Crippen LogP contribution in [0.25, 0.3) is 11.6 Å². The van der Waals surface area contributed by atoms with Crippen molar-refractivity contribution in [3.05, 3.63) is 40.6 Å². The average Bonchev–Trinajstić information content (AvgIpc) is 3.05. The second-order valence-corrected chi connectivity index (χ2v) is 10.7. The molecule has 0 radical (unpaired) electrons. The molecule has 0 saturated carbocycles. The number of hydrogen-bond donors (Lipinski definition) is 0. The molecule has 0 spiro atoms. The Morgan fingerprint density at radius 1 is 0.969 bits per heavy atom. The molecule has 1 aliphatic carbocycles. The predicted octanol–water partition coefficient (Wildman–Crippen LogP) is 8.57. The van der Waals surface area contributed by atoms with E-state index in [0.717, 1.165) is 41.1 Å². The number of fused-ring (bicyclic) bond motifs is 5. The number of unbranched alkanes of at least 4 members (excludes halogenated alkanes) is 6. The molecule has 0 N–H and O–H groups in total. The summed E-state index contributed by atoms with van der Waals surface area (Å²) in [6, 6.07) is 4.19. The Labute approximate surface area is 194 Å². The lowest BCUT2D eigenvalue weighted by atomic mass is 9.69. The largest absolute Gasteiger partial charge is 0.618 e. The molecule has 1 aromatic rings. The van der Waals surface area contributed by atoms with Crippen LogP contribution in [-0.2, 0) is 0 Å². The van der Waals surface area contributed by atoms with Crippen molar-refractivity contribution in [1.29, 1.82) is 0 Å². The highest BCUT2D eigenvalue weighted by atomic mass is 16.5. The van der Waals surface area contributed by atoms with Crippen LogP contribution in [0.15, 0.2) is 24.3 Å². The van der Waals surface area contributed by atoms with Gasteiger partial charge in [-0.3, -0.25) is 0 Å². The summed E-state index contributed by atoms with van der Waals surface area (Å²) in [6.07, 6.45) is 21.6. The first kappa shape index (κ1) is 23.1. The van der Waals surface area contributed by atoms with E-state index >= 15 is 0 Å². The summed E-state index contributed by atoms with van der Waals surface area (Å²) in [6.45, 7) is 8.67. The standard InChI is InChI=1S/C29H41NO2/c1-5-7-9-11-17-29(18-12-10-8-6-2)20-16-25-24(21-29)22-13-14-26-23(27(22)30(25)31)15-19-28(3,4)32-26/h13-15,19,21H,5-12,16-18,20H2,1-4H3. The Balaban J connectivity index is 1.67. The summed E-state index contributed by atoms with van der Waals surface area (Å²) >= 11 is 0. The van der Waals surface area contributed by atoms with Gasteiger partial charge in [-0.25, -0.2) is 0 Å². The number of hydrogen-bond acceptors (Lipinski definition) is 2. The number of rotatable bonds is 10. The fourth-order valence-corrected chi connectivity index (χ4v) is 5.75. The van der Waals surface area contributed by atoms with E-state index in [2.05, 4.69) is 58.1 Å². The Bertz CT molecular complexity index is 923. The highest BCUT2D eigenvalue weighted by molar-refractivity contribution is 6.26. The van der Waals surface area contributed by atoms with E-state index in [0.29, 0.717) is 0 Å². The van der Waals surface area contributed by atoms with Gasteiger partial charge in [-0.1, -0.05) is 71.3 Å². The fourth-order valence-electron chi connectivity index (χ4n) is 5.75. The van der Waals surface area contributed by atoms with Crippen LogP contribution in [0, 0.1) is 10.6 Å². The second kappa shape index (κ2) is 9.45. The van der Waals surface area contributed by atoms with Gasteiger partial charge < -0.3 is 9.94 Å². The Morgan fingerprint density at radius 2 is 1.66 bits per heavy atom. The first-order valence-electron chi connectivity index (χ1n) is 13.0. The third-order valence-electron chi connectivity index (χ3n) is 7.62. The van der Waals surface area contributed by atoms with Crippen molar-refractivity contribution >= 4 is 23.0 Å². The van der Waals surface area contributed by atoms with E-state index in [-0.39, 0.29) is 11.0 Å². The van der Waals surface area contributed by atoms with Gasteiger partial charge in [-0.15, -0.1) is 0 Å². The third-order valence-corrected chi connectivity index (χ3v) is 7.62. The minimum Gasteiger partial charge on any atom is -0.618 e. The van der Waals surface area contributed by atoms with Crippen molar-refractivity contribution < 1.29 is 9.48 Å². The summed E-state index contributed by atoms with van der Waals surface area (Å²) in [5.41, 5.74) is 4.91. The highest BCUT2D eigenvalue weighted by Gasteiger charge is 2.42. The molecule has 0 atom stereocenters. The third kappa shape index (κ3) is 4.54. The molecule has 2 aliphatic heterocycles. The first-order chi connectivity index (χ1) is 15.4. The maximum atomic E-state index is 13.4. The molecule has 3 nitrogen and oxygen atoms in total. The van der Waals surface area contributed by atoms with Gasteiger partial charge >= 0.3 is 0 Å². The number of ether oxygens (including phenoxy) is 1. The zero-order valence-electron chi connectivity index (χ0n) is 20.6. The summed E-state index contributed by atoms with van der Waals surface area (Å²) < 4.78 is 7.37. The fraction of sp³-hybridized carbons (Fsp3) is 0.621. The van der Waals surface area contributed by atoms with Gasteiger partial charge in [0, 0.05) is 6.42 Å². The lowest BCUT2D eigenvalue weighted by Crippen LogP contribution is -2.27. The van der Waals surface area contributed by atoms with Gasteiger partial charge in [0.25, 0.3) is 0 Å². The molecule has 0 fully saturated rings. The van der Waals surface area contributed by atoms with Gasteiger partial charge in [0.15, 0.2) is 0 Å². The molecule has 0 bridgehead atoms. The van der Waals surface area contributed by atoms with Crippen molar-refractivity contribution in [2.45, 2.75) is 110 Å². The topological polar surface area (TPSA) is 35.3 Å². The van der Waals surface area contributed by atoms with Crippen LogP contribution in [0.1, 0.15) is 116 Å². The lowest BCUT2D eigenvalue weighted by Gasteiger charge is -2.34. The molecule has 1 aromatic carbocycles. The van der Waals surface area contributed by atoms with E-state index in [1.54, 1.807) is 0 Å². The molecule has 0 unspecified atom stereocenters. The maximum absolute atomic E-state index is 13.4. The minimum atomic E-state index is -0.334. The smallest absolute Gasteiger partial charge is 0.235 e. The minimum absolute atomic E-state index is 0.243. The van der Waals surface area contributed by atoms with Crippen molar-refractivity contribution in [2.75, 3.05) is 0 Å². The monoisotopic (exact) mass is 435 g/mol. The number of nitrogens with zero attached hydrogens (tertiary/aromatic N) is 1. The van der Waals surface area contributed by atoms with Crippen LogP contribution in [0.2, 0.25) is 0 Å². The van der Waals surface area contributed by atoms with Crippen LogP contribution < -0.4 is 4.74 Å². The summed E-state index contributed by atoms with van der Waals surface area (Å²) in [7, 11) is 0. The van der Waals surface area contributed by atoms with Crippen molar-refractivity contribution in [3.8, 4) is 5.75 Å². The van der Waals surface area contributed by atoms with Crippen LogP contribution in [0.4, 0.5) is 5.69 Å². The van der Waals surface area contributed by atoms with Crippen LogP contribution in [0.3, 0.4) is 0 Å². The molecule has 4 rings (SSSR count). The average molecular weight is 436 g/mol. The SMILES string of the molecule is CCCCCCC1(CCCCCC)C=C2C(=[N+]([O-])c3c2ccc2c3C=CC(C)(C)O2)CC1. The molecular weight excluding hydrogens is 394 g/mol. The molecule has 0 amide bonds. The van der Waals surface area contributed by atoms with E-state index in [9.17, 15) is 5.21 Å². The maximum Gasteiger partial charge on any atom is 0.235 e. The number of allylic oxidation sites excluding steroid dienone is 2. The summed E-state index contributed by atoms with van der Waals surface area (Å²) in [5, 5.41) is 13.4. The molecule has 3 aliphatic rings.